The molecule has 1 N–H and O–H groups in total. The molecular formula is C19H33N3O6S. The molecule has 10 heteroatoms. The Balaban J connectivity index is 1.56. The molecule has 0 saturated carbocycles. The summed E-state index contributed by atoms with van der Waals surface area (Å²) >= 11 is 0. The summed E-state index contributed by atoms with van der Waals surface area (Å²) in [6.07, 6.45) is 2.71. The highest BCUT2D eigenvalue weighted by Crippen LogP contribution is 2.28. The van der Waals surface area contributed by atoms with Crippen molar-refractivity contribution in [2.24, 2.45) is 23.7 Å². The molecule has 166 valence electrons. The first-order valence-electron chi connectivity index (χ1n) is 10.6. The van der Waals surface area contributed by atoms with Crippen LogP contribution < -0.4 is 0 Å². The molecule has 0 radical (unpaired) electrons. The first kappa shape index (κ1) is 22.5. The van der Waals surface area contributed by atoms with Gasteiger partial charge in [-0.25, -0.2) is 0 Å². The van der Waals surface area contributed by atoms with Crippen molar-refractivity contribution in [3.63, 3.8) is 0 Å². The molecule has 3 aliphatic rings. The van der Waals surface area contributed by atoms with Crippen molar-refractivity contribution in [2.45, 2.75) is 46.0 Å². The van der Waals surface area contributed by atoms with Crippen LogP contribution >= 0.6 is 0 Å². The van der Waals surface area contributed by atoms with Crippen LogP contribution in [0.25, 0.3) is 0 Å². The predicted octanol–water partition coefficient (Wildman–Crippen LogP) is 1.09. The second kappa shape index (κ2) is 9.28. The fourth-order valence-electron chi connectivity index (χ4n) is 4.76. The van der Waals surface area contributed by atoms with E-state index in [4.69, 9.17) is 4.74 Å². The monoisotopic (exact) mass is 431 g/mol. The zero-order chi connectivity index (χ0) is 21.2. The van der Waals surface area contributed by atoms with Gasteiger partial charge in [-0.2, -0.15) is 12.7 Å². The second-order valence-electron chi connectivity index (χ2n) is 8.84. The summed E-state index contributed by atoms with van der Waals surface area (Å²) in [4.78, 5) is 27.2. The Labute approximate surface area is 173 Å². The van der Waals surface area contributed by atoms with E-state index in [1.165, 1.54) is 0 Å². The van der Waals surface area contributed by atoms with Crippen LogP contribution in [0.4, 0.5) is 0 Å². The number of nitrogens with zero attached hydrogens (tertiary/aromatic N) is 3. The first-order valence-corrected chi connectivity index (χ1v) is 12.0. The van der Waals surface area contributed by atoms with E-state index in [0.717, 1.165) is 23.8 Å². The van der Waals surface area contributed by atoms with Crippen LogP contribution in [0.5, 0.6) is 0 Å². The fourth-order valence-corrected chi connectivity index (χ4v) is 6.03. The molecule has 3 rings (SSSR count). The fraction of sp³-hybridized carbons (Fsp3) is 0.895. The minimum atomic E-state index is -4.30. The third kappa shape index (κ3) is 5.10. The highest BCUT2D eigenvalue weighted by molar-refractivity contribution is 7.87. The molecule has 3 fully saturated rings. The molecule has 0 aromatic rings. The Bertz CT molecular complexity index is 691. The number of ether oxygens (including phenoxy) is 1. The summed E-state index contributed by atoms with van der Waals surface area (Å²) in [6, 6.07) is 0. The van der Waals surface area contributed by atoms with Crippen molar-refractivity contribution >= 4 is 22.0 Å². The molecule has 2 atom stereocenters. The average molecular weight is 432 g/mol. The molecule has 0 spiro atoms. The van der Waals surface area contributed by atoms with E-state index in [2.05, 4.69) is 13.8 Å². The maximum absolute atomic E-state index is 12.9. The van der Waals surface area contributed by atoms with Crippen molar-refractivity contribution in [3.8, 4) is 0 Å². The van der Waals surface area contributed by atoms with Gasteiger partial charge in [-0.1, -0.05) is 18.3 Å². The van der Waals surface area contributed by atoms with Crippen molar-refractivity contribution in [3.05, 3.63) is 0 Å². The molecule has 0 aliphatic carbocycles. The zero-order valence-electron chi connectivity index (χ0n) is 17.3. The van der Waals surface area contributed by atoms with Gasteiger partial charge in [0.05, 0.1) is 0 Å². The van der Waals surface area contributed by atoms with Crippen LogP contribution in [0.3, 0.4) is 0 Å². The van der Waals surface area contributed by atoms with Crippen LogP contribution in [-0.2, 0) is 24.5 Å². The maximum Gasteiger partial charge on any atom is 0.329 e. The van der Waals surface area contributed by atoms with Gasteiger partial charge in [0.1, 0.15) is 0 Å². The highest BCUT2D eigenvalue weighted by Gasteiger charge is 2.40. The maximum atomic E-state index is 12.9. The van der Waals surface area contributed by atoms with Gasteiger partial charge in [-0.15, -0.1) is 0 Å². The van der Waals surface area contributed by atoms with Gasteiger partial charge in [0.25, 0.3) is 5.91 Å². The Kier molecular flexibility index (Phi) is 7.19. The SMILES string of the molecule is C[C@@H]1C[C@H](C)CN(C(=O)C2CCN(S(=O)(=O)N(O)C(=O)C3CCOCC3)CC2)C1. The number of likely N-dealkylation sites (tertiary alicyclic amines) is 1. The summed E-state index contributed by atoms with van der Waals surface area (Å²) in [5.41, 5.74) is 0. The van der Waals surface area contributed by atoms with Crippen molar-refractivity contribution in [1.82, 2.24) is 13.7 Å². The number of rotatable bonds is 4. The summed E-state index contributed by atoms with van der Waals surface area (Å²) in [5.74, 6) is -0.519. The molecule has 2 amide bonds. The Morgan fingerprint density at radius 3 is 2.07 bits per heavy atom. The number of amides is 2. The largest absolute Gasteiger partial charge is 0.381 e. The number of hydrogen-bond acceptors (Lipinski definition) is 6. The van der Waals surface area contributed by atoms with E-state index in [9.17, 15) is 23.2 Å². The van der Waals surface area contributed by atoms with E-state index in [1.807, 2.05) is 4.90 Å². The van der Waals surface area contributed by atoms with E-state index in [0.29, 0.717) is 50.7 Å². The van der Waals surface area contributed by atoms with Crippen LogP contribution in [0.2, 0.25) is 0 Å². The summed E-state index contributed by atoms with van der Waals surface area (Å²) in [6.45, 7) is 6.81. The van der Waals surface area contributed by atoms with Crippen molar-refractivity contribution in [2.75, 3.05) is 39.4 Å². The molecule has 0 aromatic carbocycles. The van der Waals surface area contributed by atoms with Gasteiger partial charge in [0.2, 0.25) is 5.91 Å². The molecule has 3 aliphatic heterocycles. The number of carbonyl (C=O) groups excluding carboxylic acids is 2. The molecule has 0 unspecified atom stereocenters. The Hall–Kier alpha value is -1.23. The summed E-state index contributed by atoms with van der Waals surface area (Å²) < 4.78 is 31.6. The van der Waals surface area contributed by atoms with Crippen molar-refractivity contribution in [1.29, 1.82) is 0 Å². The third-order valence-electron chi connectivity index (χ3n) is 6.29. The van der Waals surface area contributed by atoms with Crippen LogP contribution in [0.1, 0.15) is 46.0 Å². The van der Waals surface area contributed by atoms with Gasteiger partial charge in [0, 0.05) is 51.2 Å². The number of piperidine rings is 2. The van der Waals surface area contributed by atoms with Crippen LogP contribution in [0.15, 0.2) is 0 Å². The van der Waals surface area contributed by atoms with E-state index in [-0.39, 0.29) is 29.4 Å². The molecule has 0 aromatic heterocycles. The molecule has 3 heterocycles. The van der Waals surface area contributed by atoms with Gasteiger partial charge in [-0.05, 0) is 43.9 Å². The topological polar surface area (TPSA) is 107 Å². The lowest BCUT2D eigenvalue weighted by Crippen LogP contribution is -2.52. The normalized spacial score (nSPS) is 28.3. The van der Waals surface area contributed by atoms with Gasteiger partial charge in [-0.3, -0.25) is 14.8 Å². The van der Waals surface area contributed by atoms with Crippen molar-refractivity contribution < 1.29 is 28.0 Å². The van der Waals surface area contributed by atoms with E-state index >= 15 is 0 Å². The van der Waals surface area contributed by atoms with E-state index in [1.54, 1.807) is 0 Å². The molecule has 9 nitrogen and oxygen atoms in total. The number of hydrogen-bond donors (Lipinski definition) is 1. The van der Waals surface area contributed by atoms with E-state index < -0.39 is 22.0 Å². The minimum absolute atomic E-state index is 0.0968. The lowest BCUT2D eigenvalue weighted by molar-refractivity contribution is -0.154. The molecular weight excluding hydrogens is 398 g/mol. The summed E-state index contributed by atoms with van der Waals surface area (Å²) in [7, 11) is -4.30. The Morgan fingerprint density at radius 1 is 0.966 bits per heavy atom. The van der Waals surface area contributed by atoms with Gasteiger partial charge < -0.3 is 9.64 Å². The highest BCUT2D eigenvalue weighted by atomic mass is 32.2. The molecule has 3 saturated heterocycles. The quantitative estimate of drug-likeness (QED) is 0.527. The average Bonchev–Trinajstić information content (AvgIpc) is 2.72. The summed E-state index contributed by atoms with van der Waals surface area (Å²) in [5, 5.41) is 10.1. The van der Waals surface area contributed by atoms with Gasteiger partial charge >= 0.3 is 10.2 Å². The zero-order valence-corrected chi connectivity index (χ0v) is 18.1. The predicted molar refractivity (Wildman–Crippen MR) is 105 cm³/mol. The smallest absolute Gasteiger partial charge is 0.329 e. The van der Waals surface area contributed by atoms with Crippen LogP contribution in [0, 0.1) is 23.7 Å². The standard InChI is InChI=1S/C19H33N3O6S/c1-14-11-15(2)13-20(12-14)18(23)16-3-7-21(8-4-16)29(26,27)22(25)19(24)17-5-9-28-10-6-17/h14-17,25H,3-13H2,1-2H3/t14-,15+. The van der Waals surface area contributed by atoms with Crippen LogP contribution in [-0.4, -0.2) is 78.5 Å². The number of carbonyl (C=O) groups is 2. The molecule has 29 heavy (non-hydrogen) atoms. The molecule has 0 bridgehead atoms. The Morgan fingerprint density at radius 2 is 1.52 bits per heavy atom. The minimum Gasteiger partial charge on any atom is -0.381 e. The first-order chi connectivity index (χ1) is 13.7. The lowest BCUT2D eigenvalue weighted by Gasteiger charge is -2.39. The third-order valence-corrected chi connectivity index (χ3v) is 7.92. The second-order valence-corrected chi connectivity index (χ2v) is 10.6. The lowest BCUT2D eigenvalue weighted by atomic mass is 9.89. The van der Waals surface area contributed by atoms with Gasteiger partial charge in [0.15, 0.2) is 0 Å². The number of hydroxylamine groups is 1.